The van der Waals surface area contributed by atoms with E-state index in [1.807, 2.05) is 19.1 Å². The third-order valence-electron chi connectivity index (χ3n) is 3.75. The summed E-state index contributed by atoms with van der Waals surface area (Å²) < 4.78 is 1.07. The maximum absolute atomic E-state index is 12.2. The van der Waals surface area contributed by atoms with Crippen molar-refractivity contribution in [2.24, 2.45) is 5.73 Å². The standard InChI is InChI=1S/C15H19BrN2O2/c1-10-9-11(4-6-12(10)16)5-7-14(19)18-8-2-3-13(18)15(17)20/h4,6,9,13H,2-3,5,7-8H2,1H3,(H2,17,20). The average Bonchev–Trinajstić information content (AvgIpc) is 2.89. The molecule has 1 unspecified atom stereocenters. The minimum absolute atomic E-state index is 0.0203. The van der Waals surface area contributed by atoms with Crippen LogP contribution < -0.4 is 5.73 Å². The number of nitrogens with zero attached hydrogens (tertiary/aromatic N) is 1. The second-order valence-electron chi connectivity index (χ2n) is 5.23. The molecular formula is C15H19BrN2O2. The van der Waals surface area contributed by atoms with Crippen molar-refractivity contribution in [3.8, 4) is 0 Å². The number of hydrogen-bond acceptors (Lipinski definition) is 2. The third kappa shape index (κ3) is 3.39. The molecule has 1 atom stereocenters. The Morgan fingerprint density at radius 1 is 1.45 bits per heavy atom. The molecular weight excluding hydrogens is 320 g/mol. The molecule has 0 bridgehead atoms. The molecule has 0 radical (unpaired) electrons. The number of primary amides is 1. The van der Waals surface area contributed by atoms with Gasteiger partial charge in [0.25, 0.3) is 0 Å². The zero-order chi connectivity index (χ0) is 14.7. The molecule has 5 heteroatoms. The lowest BCUT2D eigenvalue weighted by molar-refractivity contribution is -0.137. The molecule has 1 fully saturated rings. The molecule has 1 heterocycles. The molecule has 1 aromatic rings. The van der Waals surface area contributed by atoms with Crippen LogP contribution in [-0.4, -0.2) is 29.3 Å². The average molecular weight is 339 g/mol. The van der Waals surface area contributed by atoms with Crippen molar-refractivity contribution in [1.82, 2.24) is 4.90 Å². The molecule has 2 rings (SSSR count). The van der Waals surface area contributed by atoms with Gasteiger partial charge < -0.3 is 10.6 Å². The van der Waals surface area contributed by atoms with Crippen LogP contribution in [0, 0.1) is 6.92 Å². The summed E-state index contributed by atoms with van der Waals surface area (Å²) >= 11 is 3.46. The molecule has 108 valence electrons. The van der Waals surface area contributed by atoms with Crippen molar-refractivity contribution >= 4 is 27.7 Å². The van der Waals surface area contributed by atoms with Gasteiger partial charge in [-0.1, -0.05) is 28.1 Å². The number of halogens is 1. The highest BCUT2D eigenvalue weighted by Crippen LogP contribution is 2.20. The van der Waals surface area contributed by atoms with Crippen LogP contribution in [-0.2, 0) is 16.0 Å². The Labute approximate surface area is 127 Å². The first-order chi connectivity index (χ1) is 9.49. The van der Waals surface area contributed by atoms with Crippen molar-refractivity contribution in [3.63, 3.8) is 0 Å². The number of aryl methyl sites for hydroxylation is 2. The maximum atomic E-state index is 12.2. The molecule has 0 aliphatic carbocycles. The number of nitrogens with two attached hydrogens (primary N) is 1. The van der Waals surface area contributed by atoms with Crippen molar-refractivity contribution in [3.05, 3.63) is 33.8 Å². The van der Waals surface area contributed by atoms with Gasteiger partial charge in [-0.2, -0.15) is 0 Å². The Hall–Kier alpha value is -1.36. The highest BCUT2D eigenvalue weighted by atomic mass is 79.9. The summed E-state index contributed by atoms with van der Waals surface area (Å²) in [6, 6.07) is 5.68. The van der Waals surface area contributed by atoms with E-state index in [9.17, 15) is 9.59 Å². The highest BCUT2D eigenvalue weighted by Gasteiger charge is 2.32. The number of carbonyl (C=O) groups is 2. The fourth-order valence-corrected chi connectivity index (χ4v) is 2.86. The van der Waals surface area contributed by atoms with E-state index >= 15 is 0 Å². The largest absolute Gasteiger partial charge is 0.368 e. The van der Waals surface area contributed by atoms with Gasteiger partial charge >= 0.3 is 0 Å². The van der Waals surface area contributed by atoms with E-state index in [4.69, 9.17) is 5.73 Å². The Morgan fingerprint density at radius 2 is 2.20 bits per heavy atom. The number of benzene rings is 1. The van der Waals surface area contributed by atoms with Gasteiger partial charge in [0.15, 0.2) is 0 Å². The smallest absolute Gasteiger partial charge is 0.240 e. The number of hydrogen-bond donors (Lipinski definition) is 1. The van der Waals surface area contributed by atoms with Gasteiger partial charge in [-0.25, -0.2) is 0 Å². The van der Waals surface area contributed by atoms with Crippen molar-refractivity contribution in [2.75, 3.05) is 6.54 Å². The summed E-state index contributed by atoms with van der Waals surface area (Å²) in [7, 11) is 0. The first kappa shape index (κ1) is 15.0. The van der Waals surface area contributed by atoms with Gasteiger partial charge in [0.1, 0.15) is 6.04 Å². The summed E-state index contributed by atoms with van der Waals surface area (Å²) in [4.78, 5) is 25.1. The van der Waals surface area contributed by atoms with E-state index in [2.05, 4.69) is 22.0 Å². The van der Waals surface area contributed by atoms with E-state index < -0.39 is 11.9 Å². The van der Waals surface area contributed by atoms with E-state index in [-0.39, 0.29) is 5.91 Å². The van der Waals surface area contributed by atoms with Crippen LogP contribution in [0.1, 0.15) is 30.4 Å². The van der Waals surface area contributed by atoms with E-state index in [1.165, 1.54) is 0 Å². The van der Waals surface area contributed by atoms with Crippen LogP contribution in [0.25, 0.3) is 0 Å². The summed E-state index contributed by atoms with van der Waals surface area (Å²) in [5, 5.41) is 0. The van der Waals surface area contributed by atoms with E-state index in [0.29, 0.717) is 25.8 Å². The highest BCUT2D eigenvalue weighted by molar-refractivity contribution is 9.10. The molecule has 0 spiro atoms. The van der Waals surface area contributed by atoms with Gasteiger partial charge in [-0.3, -0.25) is 9.59 Å². The molecule has 2 amide bonds. The molecule has 20 heavy (non-hydrogen) atoms. The second-order valence-corrected chi connectivity index (χ2v) is 6.09. The predicted molar refractivity (Wildman–Crippen MR) is 81.1 cm³/mol. The number of carbonyl (C=O) groups excluding carboxylic acids is 2. The molecule has 0 saturated carbocycles. The van der Waals surface area contributed by atoms with Gasteiger partial charge in [-0.15, -0.1) is 0 Å². The van der Waals surface area contributed by atoms with Crippen LogP contribution in [0.4, 0.5) is 0 Å². The van der Waals surface area contributed by atoms with Crippen LogP contribution in [0.3, 0.4) is 0 Å². The minimum Gasteiger partial charge on any atom is -0.368 e. The Balaban J connectivity index is 1.94. The normalized spacial score (nSPS) is 18.3. The lowest BCUT2D eigenvalue weighted by Crippen LogP contribution is -2.43. The molecule has 1 aliphatic heterocycles. The lowest BCUT2D eigenvalue weighted by atomic mass is 10.1. The molecule has 1 aromatic carbocycles. The molecule has 0 aromatic heterocycles. The molecule has 1 saturated heterocycles. The van der Waals surface area contributed by atoms with E-state index in [1.54, 1.807) is 4.90 Å². The van der Waals surface area contributed by atoms with Crippen molar-refractivity contribution in [1.29, 1.82) is 0 Å². The Morgan fingerprint density at radius 3 is 2.85 bits per heavy atom. The molecule has 2 N–H and O–H groups in total. The summed E-state index contributed by atoms with van der Waals surface area (Å²) in [5.41, 5.74) is 7.62. The van der Waals surface area contributed by atoms with Crippen LogP contribution in [0.15, 0.2) is 22.7 Å². The molecule has 4 nitrogen and oxygen atoms in total. The van der Waals surface area contributed by atoms with Crippen molar-refractivity contribution < 1.29 is 9.59 Å². The summed E-state index contributed by atoms with van der Waals surface area (Å²) in [6.07, 6.45) is 2.66. The topological polar surface area (TPSA) is 63.4 Å². The number of likely N-dealkylation sites (tertiary alicyclic amines) is 1. The van der Waals surface area contributed by atoms with E-state index in [0.717, 1.165) is 22.0 Å². The number of rotatable bonds is 4. The predicted octanol–water partition coefficient (Wildman–Crippen LogP) is 2.17. The lowest BCUT2D eigenvalue weighted by Gasteiger charge is -2.22. The molecule has 1 aliphatic rings. The number of amides is 2. The monoisotopic (exact) mass is 338 g/mol. The Bertz CT molecular complexity index is 531. The van der Waals surface area contributed by atoms with Crippen LogP contribution in [0.5, 0.6) is 0 Å². The van der Waals surface area contributed by atoms with Gasteiger partial charge in [0.05, 0.1) is 0 Å². The summed E-state index contributed by atoms with van der Waals surface area (Å²) in [6.45, 7) is 2.67. The second kappa shape index (κ2) is 6.39. The zero-order valence-corrected chi connectivity index (χ0v) is 13.1. The quantitative estimate of drug-likeness (QED) is 0.914. The maximum Gasteiger partial charge on any atom is 0.240 e. The van der Waals surface area contributed by atoms with Crippen molar-refractivity contribution in [2.45, 2.75) is 38.6 Å². The minimum atomic E-state index is -0.408. The first-order valence-electron chi connectivity index (χ1n) is 6.83. The van der Waals surface area contributed by atoms with Gasteiger partial charge in [0, 0.05) is 17.4 Å². The van der Waals surface area contributed by atoms with Crippen LogP contribution in [0.2, 0.25) is 0 Å². The SMILES string of the molecule is Cc1cc(CCC(=O)N2CCCC2C(N)=O)ccc1Br. The van der Waals surface area contributed by atoms with Gasteiger partial charge in [-0.05, 0) is 43.4 Å². The summed E-state index contributed by atoms with van der Waals surface area (Å²) in [5.74, 6) is -0.373. The first-order valence-corrected chi connectivity index (χ1v) is 7.62. The fraction of sp³-hybridized carbons (Fsp3) is 0.467. The fourth-order valence-electron chi connectivity index (χ4n) is 2.62. The zero-order valence-electron chi connectivity index (χ0n) is 11.6. The third-order valence-corrected chi connectivity index (χ3v) is 4.64. The van der Waals surface area contributed by atoms with Gasteiger partial charge in [0.2, 0.25) is 11.8 Å². The van der Waals surface area contributed by atoms with Crippen LogP contribution >= 0.6 is 15.9 Å². The Kier molecular flexibility index (Phi) is 4.81.